The Morgan fingerprint density at radius 1 is 0.931 bits per heavy atom. The normalized spacial score (nSPS) is 10.8. The molecule has 4 rings (SSSR count). The van der Waals surface area contributed by atoms with E-state index in [9.17, 15) is 9.59 Å². The lowest BCUT2D eigenvalue weighted by Gasteiger charge is -2.10. The van der Waals surface area contributed by atoms with Gasteiger partial charge in [0.05, 0.1) is 11.0 Å². The van der Waals surface area contributed by atoms with E-state index in [1.165, 1.54) is 0 Å². The fourth-order valence-electron chi connectivity index (χ4n) is 3.31. The highest BCUT2D eigenvalue weighted by atomic mass is 16.2. The smallest absolute Gasteiger partial charge is 0.248 e. The third-order valence-corrected chi connectivity index (χ3v) is 4.65. The molecule has 1 aromatic heterocycles. The van der Waals surface area contributed by atoms with Gasteiger partial charge < -0.3 is 11.1 Å². The molecule has 0 bridgehead atoms. The van der Waals surface area contributed by atoms with Crippen LogP contribution < -0.4 is 11.1 Å². The summed E-state index contributed by atoms with van der Waals surface area (Å²) < 4.78 is 2.08. The van der Waals surface area contributed by atoms with Crippen molar-refractivity contribution in [1.29, 1.82) is 0 Å². The molecule has 3 aromatic carbocycles. The van der Waals surface area contributed by atoms with E-state index in [1.807, 2.05) is 54.6 Å². The van der Waals surface area contributed by atoms with Gasteiger partial charge in [0.1, 0.15) is 5.82 Å². The number of imidazole rings is 1. The second-order valence-electron chi connectivity index (χ2n) is 6.68. The van der Waals surface area contributed by atoms with Crippen LogP contribution in [0.25, 0.3) is 16.7 Å². The molecule has 6 heteroatoms. The first-order valence-corrected chi connectivity index (χ1v) is 9.33. The zero-order valence-electron chi connectivity index (χ0n) is 15.7. The van der Waals surface area contributed by atoms with E-state index in [-0.39, 0.29) is 12.3 Å². The van der Waals surface area contributed by atoms with Gasteiger partial charge in [0.15, 0.2) is 0 Å². The van der Waals surface area contributed by atoms with Gasteiger partial charge in [-0.25, -0.2) is 4.98 Å². The Bertz CT molecular complexity index is 1180. The summed E-state index contributed by atoms with van der Waals surface area (Å²) in [5.41, 5.74) is 9.09. The minimum atomic E-state index is -0.530. The van der Waals surface area contributed by atoms with Crippen LogP contribution in [-0.4, -0.2) is 21.4 Å². The average Bonchev–Trinajstić information content (AvgIpc) is 3.11. The number of benzene rings is 3. The maximum Gasteiger partial charge on any atom is 0.248 e. The summed E-state index contributed by atoms with van der Waals surface area (Å²) >= 11 is 0. The predicted octanol–water partition coefficient (Wildman–Crippen LogP) is 3.70. The lowest BCUT2D eigenvalue weighted by molar-refractivity contribution is -0.116. The number of nitrogens with zero attached hydrogens (tertiary/aromatic N) is 2. The fraction of sp³-hybridized carbons (Fsp3) is 0.0870. The molecular weight excluding hydrogens is 364 g/mol. The molecule has 29 heavy (non-hydrogen) atoms. The Morgan fingerprint density at radius 2 is 1.69 bits per heavy atom. The molecule has 144 valence electrons. The van der Waals surface area contributed by atoms with Crippen molar-refractivity contribution in [2.45, 2.75) is 12.8 Å². The second-order valence-corrected chi connectivity index (χ2v) is 6.68. The van der Waals surface area contributed by atoms with E-state index in [0.29, 0.717) is 17.7 Å². The number of nitrogens with one attached hydrogen (secondary N) is 1. The number of aryl methyl sites for hydroxylation is 1. The SMILES string of the molecule is NC(=O)c1cccc(NC(=O)CCc2nc3ccccc3n2-c2ccccc2)c1. The number of carbonyl (C=O) groups excluding carboxylic acids is 2. The number of aromatic nitrogens is 2. The van der Waals surface area contributed by atoms with Gasteiger partial charge in [-0.15, -0.1) is 0 Å². The first-order chi connectivity index (χ1) is 14.1. The van der Waals surface area contributed by atoms with Crippen molar-refractivity contribution in [3.05, 3.63) is 90.3 Å². The number of amides is 2. The largest absolute Gasteiger partial charge is 0.366 e. The molecule has 3 N–H and O–H groups in total. The van der Waals surface area contributed by atoms with Crippen molar-refractivity contribution in [2.24, 2.45) is 5.73 Å². The van der Waals surface area contributed by atoms with Crippen LogP contribution in [0.3, 0.4) is 0 Å². The number of carbonyl (C=O) groups is 2. The molecule has 2 amide bonds. The summed E-state index contributed by atoms with van der Waals surface area (Å²) in [6, 6.07) is 24.5. The van der Waals surface area contributed by atoms with Crippen LogP contribution >= 0.6 is 0 Å². The number of para-hydroxylation sites is 3. The third kappa shape index (κ3) is 4.01. The molecule has 0 atom stereocenters. The highest BCUT2D eigenvalue weighted by Crippen LogP contribution is 2.22. The number of rotatable bonds is 6. The molecule has 0 saturated heterocycles. The van der Waals surface area contributed by atoms with Crippen LogP contribution in [0.15, 0.2) is 78.9 Å². The molecule has 0 radical (unpaired) electrons. The molecule has 0 unspecified atom stereocenters. The maximum absolute atomic E-state index is 12.5. The van der Waals surface area contributed by atoms with E-state index >= 15 is 0 Å². The summed E-state index contributed by atoms with van der Waals surface area (Å²) in [6.45, 7) is 0. The number of nitrogens with two attached hydrogens (primary N) is 1. The molecule has 0 aliphatic rings. The van der Waals surface area contributed by atoms with Crippen LogP contribution in [0.1, 0.15) is 22.6 Å². The van der Waals surface area contributed by atoms with Crippen molar-refractivity contribution < 1.29 is 9.59 Å². The lowest BCUT2D eigenvalue weighted by atomic mass is 10.2. The molecule has 0 spiro atoms. The predicted molar refractivity (Wildman–Crippen MR) is 113 cm³/mol. The standard InChI is InChI=1S/C23H20N4O2/c24-23(29)16-7-6-8-17(15-16)25-22(28)14-13-21-26-19-11-4-5-12-20(19)27(21)18-9-2-1-3-10-18/h1-12,15H,13-14H2,(H2,24,29)(H,25,28). The van der Waals surface area contributed by atoms with Gasteiger partial charge in [-0.3, -0.25) is 14.2 Å². The molecule has 4 aromatic rings. The minimum absolute atomic E-state index is 0.154. The molecular formula is C23H20N4O2. The number of anilines is 1. The van der Waals surface area contributed by atoms with Crippen LogP contribution in [0.2, 0.25) is 0 Å². The number of hydrogen-bond donors (Lipinski definition) is 2. The average molecular weight is 384 g/mol. The summed E-state index contributed by atoms with van der Waals surface area (Å²) in [5.74, 6) is 0.134. The van der Waals surface area contributed by atoms with Crippen molar-refractivity contribution in [1.82, 2.24) is 9.55 Å². The Labute approximate surface area is 168 Å². The second kappa shape index (κ2) is 7.98. The van der Waals surface area contributed by atoms with E-state index in [4.69, 9.17) is 10.7 Å². The van der Waals surface area contributed by atoms with Crippen LogP contribution in [0.5, 0.6) is 0 Å². The highest BCUT2D eigenvalue weighted by molar-refractivity contribution is 5.96. The lowest BCUT2D eigenvalue weighted by Crippen LogP contribution is -2.15. The molecule has 0 saturated carbocycles. The zero-order valence-corrected chi connectivity index (χ0v) is 15.7. The van der Waals surface area contributed by atoms with Crippen LogP contribution in [0, 0.1) is 0 Å². The van der Waals surface area contributed by atoms with Crippen LogP contribution in [0.4, 0.5) is 5.69 Å². The van der Waals surface area contributed by atoms with Gasteiger partial charge in [-0.05, 0) is 42.5 Å². The maximum atomic E-state index is 12.5. The van der Waals surface area contributed by atoms with Crippen molar-refractivity contribution >= 4 is 28.5 Å². The van der Waals surface area contributed by atoms with Gasteiger partial charge in [0, 0.05) is 29.8 Å². The highest BCUT2D eigenvalue weighted by Gasteiger charge is 2.14. The van der Waals surface area contributed by atoms with E-state index in [1.54, 1.807) is 24.3 Å². The topological polar surface area (TPSA) is 90.0 Å². The molecule has 0 fully saturated rings. The van der Waals surface area contributed by atoms with Crippen molar-refractivity contribution in [3.63, 3.8) is 0 Å². The van der Waals surface area contributed by atoms with Gasteiger partial charge in [-0.2, -0.15) is 0 Å². The Hall–Kier alpha value is -3.93. The fourth-order valence-corrected chi connectivity index (χ4v) is 3.31. The number of hydrogen-bond acceptors (Lipinski definition) is 3. The van der Waals surface area contributed by atoms with Gasteiger partial charge >= 0.3 is 0 Å². The monoisotopic (exact) mass is 384 g/mol. The number of primary amides is 1. The van der Waals surface area contributed by atoms with Crippen LogP contribution in [-0.2, 0) is 11.2 Å². The van der Waals surface area contributed by atoms with Gasteiger partial charge in [-0.1, -0.05) is 36.4 Å². The van der Waals surface area contributed by atoms with Crippen molar-refractivity contribution in [2.75, 3.05) is 5.32 Å². The molecule has 0 aliphatic carbocycles. The molecule has 0 aliphatic heterocycles. The van der Waals surface area contributed by atoms with Gasteiger partial charge in [0.25, 0.3) is 0 Å². The summed E-state index contributed by atoms with van der Waals surface area (Å²) in [6.07, 6.45) is 0.738. The third-order valence-electron chi connectivity index (χ3n) is 4.65. The quantitative estimate of drug-likeness (QED) is 0.531. The van der Waals surface area contributed by atoms with Gasteiger partial charge in [0.2, 0.25) is 11.8 Å². The number of fused-ring (bicyclic) bond motifs is 1. The molecule has 6 nitrogen and oxygen atoms in total. The Morgan fingerprint density at radius 3 is 2.48 bits per heavy atom. The minimum Gasteiger partial charge on any atom is -0.366 e. The Kier molecular flexibility index (Phi) is 5.07. The summed E-state index contributed by atoms with van der Waals surface area (Å²) in [4.78, 5) is 28.5. The summed E-state index contributed by atoms with van der Waals surface area (Å²) in [5, 5.41) is 2.82. The van der Waals surface area contributed by atoms with E-state index in [0.717, 1.165) is 22.5 Å². The van der Waals surface area contributed by atoms with Crippen molar-refractivity contribution in [3.8, 4) is 5.69 Å². The zero-order chi connectivity index (χ0) is 20.2. The van der Waals surface area contributed by atoms with E-state index < -0.39 is 5.91 Å². The first-order valence-electron chi connectivity index (χ1n) is 9.33. The summed E-state index contributed by atoms with van der Waals surface area (Å²) in [7, 11) is 0. The first kappa shape index (κ1) is 18.4. The Balaban J connectivity index is 1.55. The van der Waals surface area contributed by atoms with E-state index in [2.05, 4.69) is 9.88 Å². The molecule has 1 heterocycles.